The number of amides is 2. The summed E-state index contributed by atoms with van der Waals surface area (Å²) in [6.07, 6.45) is 0. The smallest absolute Gasteiger partial charge is 0.261 e. The van der Waals surface area contributed by atoms with E-state index in [0.29, 0.717) is 44.2 Å². The Morgan fingerprint density at radius 3 is 1.82 bits per heavy atom. The van der Waals surface area contributed by atoms with E-state index in [-0.39, 0.29) is 18.4 Å². The number of nitrogens with one attached hydrogen (secondary N) is 1. The van der Waals surface area contributed by atoms with Gasteiger partial charge in [0, 0.05) is 32.7 Å². The van der Waals surface area contributed by atoms with E-state index >= 15 is 0 Å². The molecule has 1 saturated heterocycles. The van der Waals surface area contributed by atoms with Crippen LogP contribution < -0.4 is 5.32 Å². The number of piperazine rings is 1. The first-order valence-electron chi connectivity index (χ1n) is 9.89. The van der Waals surface area contributed by atoms with E-state index in [1.807, 2.05) is 0 Å². The van der Waals surface area contributed by atoms with Crippen LogP contribution in [0.3, 0.4) is 0 Å². The summed E-state index contributed by atoms with van der Waals surface area (Å²) < 4.78 is 16.5. The maximum absolute atomic E-state index is 12.2. The van der Waals surface area contributed by atoms with Crippen LogP contribution in [-0.2, 0) is 14.2 Å². The molecular weight excluding hydrogens is 362 g/mol. The number of fused-ring (bicyclic) bond motifs is 1. The van der Waals surface area contributed by atoms with Crippen molar-refractivity contribution in [2.45, 2.75) is 0 Å². The molecule has 2 aliphatic rings. The molecule has 2 aliphatic heterocycles. The average Bonchev–Trinajstić information content (AvgIpc) is 2.97. The second kappa shape index (κ2) is 11.2. The van der Waals surface area contributed by atoms with E-state index < -0.39 is 0 Å². The minimum absolute atomic E-state index is 0.251. The standard InChI is InChI=1S/C20H29N3O5/c24-19-17-3-1-2-4-18(17)20(25)23(19)10-12-27-14-16-28-15-13-26-11-9-22-7-5-21-6-8-22/h1-4,21H,5-16H2. The Hall–Kier alpha value is -1.84. The predicted molar refractivity (Wildman–Crippen MR) is 104 cm³/mol. The highest BCUT2D eigenvalue weighted by Crippen LogP contribution is 2.21. The van der Waals surface area contributed by atoms with Gasteiger partial charge in [-0.3, -0.25) is 19.4 Å². The normalized spacial score (nSPS) is 17.4. The molecule has 0 bridgehead atoms. The Labute approximate surface area is 165 Å². The van der Waals surface area contributed by atoms with Gasteiger partial charge in [0.2, 0.25) is 0 Å². The molecule has 1 aromatic rings. The van der Waals surface area contributed by atoms with Crippen LogP contribution in [0.1, 0.15) is 20.7 Å². The second-order valence-electron chi connectivity index (χ2n) is 6.74. The minimum atomic E-state index is -0.251. The van der Waals surface area contributed by atoms with E-state index in [1.54, 1.807) is 24.3 Å². The zero-order chi connectivity index (χ0) is 19.6. The number of ether oxygens (including phenoxy) is 3. The molecule has 8 heteroatoms. The molecule has 0 aliphatic carbocycles. The molecule has 1 fully saturated rings. The van der Waals surface area contributed by atoms with Crippen molar-refractivity contribution < 1.29 is 23.8 Å². The van der Waals surface area contributed by atoms with E-state index in [9.17, 15) is 9.59 Å². The predicted octanol–water partition coefficient (Wildman–Crippen LogP) is 0.238. The Morgan fingerprint density at radius 2 is 1.25 bits per heavy atom. The van der Waals surface area contributed by atoms with E-state index in [0.717, 1.165) is 39.3 Å². The average molecular weight is 391 g/mol. The fourth-order valence-electron chi connectivity index (χ4n) is 3.27. The lowest BCUT2D eigenvalue weighted by Gasteiger charge is -2.26. The quantitative estimate of drug-likeness (QED) is 0.404. The number of hydrogen-bond acceptors (Lipinski definition) is 7. The number of benzene rings is 1. The number of nitrogens with zero attached hydrogens (tertiary/aromatic N) is 2. The largest absolute Gasteiger partial charge is 0.378 e. The van der Waals surface area contributed by atoms with Crippen LogP contribution in [0.4, 0.5) is 0 Å². The van der Waals surface area contributed by atoms with Crippen molar-refractivity contribution in [2.75, 3.05) is 78.9 Å². The molecule has 1 N–H and O–H groups in total. The van der Waals surface area contributed by atoms with Gasteiger partial charge >= 0.3 is 0 Å². The molecule has 0 aromatic heterocycles. The fourth-order valence-corrected chi connectivity index (χ4v) is 3.27. The van der Waals surface area contributed by atoms with Gasteiger partial charge in [0.05, 0.1) is 57.3 Å². The van der Waals surface area contributed by atoms with Gasteiger partial charge in [-0.25, -0.2) is 0 Å². The Kier molecular flexibility index (Phi) is 8.38. The highest BCUT2D eigenvalue weighted by molar-refractivity contribution is 6.21. The molecule has 2 amide bonds. The molecule has 8 nitrogen and oxygen atoms in total. The molecule has 0 spiro atoms. The topological polar surface area (TPSA) is 80.3 Å². The van der Waals surface area contributed by atoms with Crippen molar-refractivity contribution in [1.29, 1.82) is 0 Å². The third-order valence-corrected chi connectivity index (χ3v) is 4.84. The van der Waals surface area contributed by atoms with Gasteiger partial charge in [-0.2, -0.15) is 0 Å². The third-order valence-electron chi connectivity index (χ3n) is 4.84. The SMILES string of the molecule is O=C1c2ccccc2C(=O)N1CCOCCOCCOCCN1CCNCC1. The van der Waals surface area contributed by atoms with Gasteiger partial charge in [-0.15, -0.1) is 0 Å². The van der Waals surface area contributed by atoms with Crippen LogP contribution in [0.25, 0.3) is 0 Å². The molecule has 0 unspecified atom stereocenters. The van der Waals surface area contributed by atoms with Crippen LogP contribution in [-0.4, -0.2) is 101 Å². The zero-order valence-electron chi connectivity index (χ0n) is 16.2. The number of imide groups is 1. The van der Waals surface area contributed by atoms with Crippen LogP contribution in [0.2, 0.25) is 0 Å². The molecule has 0 atom stereocenters. The monoisotopic (exact) mass is 391 g/mol. The van der Waals surface area contributed by atoms with E-state index in [2.05, 4.69) is 10.2 Å². The van der Waals surface area contributed by atoms with Crippen molar-refractivity contribution >= 4 is 11.8 Å². The summed E-state index contributed by atoms with van der Waals surface area (Å²) in [5.41, 5.74) is 0.931. The third kappa shape index (κ3) is 5.83. The summed E-state index contributed by atoms with van der Waals surface area (Å²) in [6.45, 7) is 8.49. The van der Waals surface area contributed by atoms with Crippen LogP contribution in [0.5, 0.6) is 0 Å². The summed E-state index contributed by atoms with van der Waals surface area (Å²) in [6, 6.07) is 6.87. The summed E-state index contributed by atoms with van der Waals surface area (Å²) >= 11 is 0. The summed E-state index contributed by atoms with van der Waals surface area (Å²) in [5.74, 6) is -0.503. The summed E-state index contributed by atoms with van der Waals surface area (Å²) in [4.78, 5) is 28.0. The highest BCUT2D eigenvalue weighted by Gasteiger charge is 2.34. The number of hydrogen-bond donors (Lipinski definition) is 1. The summed E-state index contributed by atoms with van der Waals surface area (Å²) in [7, 11) is 0. The molecule has 0 radical (unpaired) electrons. The molecule has 154 valence electrons. The Morgan fingerprint density at radius 1 is 0.750 bits per heavy atom. The van der Waals surface area contributed by atoms with Crippen molar-refractivity contribution in [2.24, 2.45) is 0 Å². The van der Waals surface area contributed by atoms with Crippen molar-refractivity contribution in [1.82, 2.24) is 15.1 Å². The first-order valence-corrected chi connectivity index (χ1v) is 9.89. The van der Waals surface area contributed by atoms with Crippen molar-refractivity contribution in [3.8, 4) is 0 Å². The van der Waals surface area contributed by atoms with E-state index in [4.69, 9.17) is 14.2 Å². The van der Waals surface area contributed by atoms with Gasteiger partial charge in [-0.1, -0.05) is 12.1 Å². The minimum Gasteiger partial charge on any atom is -0.378 e. The lowest BCUT2D eigenvalue weighted by molar-refractivity contribution is 0.00738. The van der Waals surface area contributed by atoms with Gasteiger partial charge in [-0.05, 0) is 12.1 Å². The molecule has 0 saturated carbocycles. The van der Waals surface area contributed by atoms with Crippen molar-refractivity contribution in [3.63, 3.8) is 0 Å². The molecule has 3 rings (SSSR count). The first kappa shape index (κ1) is 20.9. The Bertz CT molecular complexity index is 613. The lowest BCUT2D eigenvalue weighted by Crippen LogP contribution is -2.44. The van der Waals surface area contributed by atoms with Gasteiger partial charge < -0.3 is 19.5 Å². The maximum atomic E-state index is 12.2. The zero-order valence-corrected chi connectivity index (χ0v) is 16.2. The van der Waals surface area contributed by atoms with E-state index in [1.165, 1.54) is 4.90 Å². The number of carbonyl (C=O) groups is 2. The number of carbonyl (C=O) groups excluding carboxylic acids is 2. The second-order valence-corrected chi connectivity index (χ2v) is 6.74. The van der Waals surface area contributed by atoms with Crippen LogP contribution in [0.15, 0.2) is 24.3 Å². The highest BCUT2D eigenvalue weighted by atomic mass is 16.5. The molecule has 1 aromatic carbocycles. The molecular formula is C20H29N3O5. The molecule has 28 heavy (non-hydrogen) atoms. The first-order chi connectivity index (χ1) is 13.8. The van der Waals surface area contributed by atoms with Crippen LogP contribution in [0, 0.1) is 0 Å². The maximum Gasteiger partial charge on any atom is 0.261 e. The van der Waals surface area contributed by atoms with Gasteiger partial charge in [0.15, 0.2) is 0 Å². The molecule has 2 heterocycles. The number of rotatable bonds is 12. The van der Waals surface area contributed by atoms with Gasteiger partial charge in [0.25, 0.3) is 11.8 Å². The Balaban J connectivity index is 1.16. The van der Waals surface area contributed by atoms with Gasteiger partial charge in [0.1, 0.15) is 0 Å². The van der Waals surface area contributed by atoms with Crippen LogP contribution >= 0.6 is 0 Å². The summed E-state index contributed by atoms with van der Waals surface area (Å²) in [5, 5.41) is 3.33. The fraction of sp³-hybridized carbons (Fsp3) is 0.600. The van der Waals surface area contributed by atoms with Crippen molar-refractivity contribution in [3.05, 3.63) is 35.4 Å². The lowest BCUT2D eigenvalue weighted by atomic mass is 10.1.